The van der Waals surface area contributed by atoms with Crippen LogP contribution in [0.4, 0.5) is 0 Å². The minimum Gasteiger partial charge on any atom is -0.462 e. The Bertz CT molecular complexity index is 1330. The first kappa shape index (κ1) is 61.0. The summed E-state index contributed by atoms with van der Waals surface area (Å²) < 4.78 is 47.8. The summed E-state index contributed by atoms with van der Waals surface area (Å²) in [5, 5.41) is 19.5. The van der Waals surface area contributed by atoms with Crippen LogP contribution in [0.2, 0.25) is 0 Å². The quantitative estimate of drug-likeness (QED) is 0.0166. The highest BCUT2D eigenvalue weighted by atomic mass is 31.2. The van der Waals surface area contributed by atoms with Crippen LogP contribution in [0, 0.1) is 5.92 Å². The lowest BCUT2D eigenvalue weighted by Gasteiger charge is -2.20. The van der Waals surface area contributed by atoms with E-state index < -0.39 is 66.2 Å². The second kappa shape index (κ2) is 41.5. The molecule has 63 heavy (non-hydrogen) atoms. The highest BCUT2D eigenvalue weighted by molar-refractivity contribution is 7.47. The van der Waals surface area contributed by atoms with Gasteiger partial charge in [-0.05, 0) is 57.3 Å². The Morgan fingerprint density at radius 1 is 0.524 bits per heavy atom. The molecule has 0 radical (unpaired) electrons. The van der Waals surface area contributed by atoms with Crippen molar-refractivity contribution in [2.45, 2.75) is 206 Å². The molecule has 0 saturated carbocycles. The van der Waals surface area contributed by atoms with E-state index in [1.54, 1.807) is 0 Å². The number of unbranched alkanes of at least 4 members (excludes halogenated alkanes) is 15. The van der Waals surface area contributed by atoms with E-state index in [1.807, 2.05) is 18.2 Å². The van der Waals surface area contributed by atoms with Gasteiger partial charge in [-0.15, -0.1) is 0 Å². The number of phosphoric acid groups is 2. The molecule has 368 valence electrons. The van der Waals surface area contributed by atoms with Crippen molar-refractivity contribution in [3.8, 4) is 0 Å². The predicted molar refractivity (Wildman–Crippen MR) is 250 cm³/mol. The molecule has 0 aromatic rings. The van der Waals surface area contributed by atoms with E-state index in [1.165, 1.54) is 77.0 Å². The van der Waals surface area contributed by atoms with Gasteiger partial charge in [0.15, 0.2) is 6.10 Å². The van der Waals surface area contributed by atoms with Crippen molar-refractivity contribution < 1.29 is 66.7 Å². The van der Waals surface area contributed by atoms with Crippen LogP contribution in [0.3, 0.4) is 0 Å². The summed E-state index contributed by atoms with van der Waals surface area (Å²) in [5.41, 5.74) is 0. The first-order valence-corrected chi connectivity index (χ1v) is 26.8. The maximum Gasteiger partial charge on any atom is 0.472 e. The Kier molecular flexibility index (Phi) is 40.2. The summed E-state index contributed by atoms with van der Waals surface area (Å²) in [6.45, 7) is 3.84. The first-order chi connectivity index (χ1) is 30.1. The van der Waals surface area contributed by atoms with Crippen molar-refractivity contribution in [1.82, 2.24) is 0 Å². The number of hydrogen-bond donors (Lipinski definition) is 5. The maximum absolute atomic E-state index is 12.7. The number of phosphoric ester groups is 2. The van der Waals surface area contributed by atoms with E-state index >= 15 is 0 Å². The maximum atomic E-state index is 12.7. The summed E-state index contributed by atoms with van der Waals surface area (Å²) in [7, 11) is -9.71. The van der Waals surface area contributed by atoms with E-state index in [4.69, 9.17) is 23.8 Å². The molecule has 0 amide bonds. The summed E-state index contributed by atoms with van der Waals surface area (Å²) in [4.78, 5) is 52.8. The molecule has 0 aliphatic carbocycles. The van der Waals surface area contributed by atoms with Gasteiger partial charge < -0.3 is 34.4 Å². The molecule has 5 N–H and O–H groups in total. The van der Waals surface area contributed by atoms with Crippen LogP contribution in [0.5, 0.6) is 0 Å². The summed E-state index contributed by atoms with van der Waals surface area (Å²) in [6, 6.07) is 0. The number of rotatable bonds is 44. The molecule has 2 unspecified atom stereocenters. The number of carbonyl (C=O) groups excluding carboxylic acids is 2. The average Bonchev–Trinajstić information content (AvgIpc) is 3.22. The molecule has 0 aromatic carbocycles. The normalized spacial score (nSPS) is 14.9. The van der Waals surface area contributed by atoms with Gasteiger partial charge in [-0.1, -0.05) is 172 Å². The van der Waals surface area contributed by atoms with Gasteiger partial charge in [0.2, 0.25) is 0 Å². The summed E-state index contributed by atoms with van der Waals surface area (Å²) in [5.74, 6) is -0.299. The fraction of sp³-hybridized carbons (Fsp3) is 0.787. The molecule has 0 saturated heterocycles. The highest BCUT2D eigenvalue weighted by Crippen LogP contribution is 2.43. The van der Waals surface area contributed by atoms with E-state index in [0.717, 1.165) is 57.3 Å². The van der Waals surface area contributed by atoms with E-state index in [0.29, 0.717) is 25.7 Å². The Morgan fingerprint density at radius 2 is 0.984 bits per heavy atom. The molecule has 0 aromatic heterocycles. The number of aliphatic hydroxyl groups is 2. The van der Waals surface area contributed by atoms with Crippen molar-refractivity contribution in [1.29, 1.82) is 0 Å². The molecule has 4 atom stereocenters. The van der Waals surface area contributed by atoms with E-state index in [2.05, 4.69) is 60.2 Å². The molecule has 0 bridgehead atoms. The van der Waals surface area contributed by atoms with Gasteiger partial charge in [0, 0.05) is 12.8 Å². The van der Waals surface area contributed by atoms with Gasteiger partial charge in [-0.25, -0.2) is 9.13 Å². The number of allylic oxidation sites excluding steroid dienone is 7. The highest BCUT2D eigenvalue weighted by Gasteiger charge is 2.28. The minimum absolute atomic E-state index is 0.0409. The molecule has 0 heterocycles. The Morgan fingerprint density at radius 3 is 1.51 bits per heavy atom. The largest absolute Gasteiger partial charge is 0.472 e. The zero-order valence-electron chi connectivity index (χ0n) is 38.9. The van der Waals surface area contributed by atoms with Crippen molar-refractivity contribution in [2.75, 3.05) is 26.4 Å². The molecule has 16 heteroatoms. The lowest BCUT2D eigenvalue weighted by atomic mass is 10.0. The van der Waals surface area contributed by atoms with Crippen LogP contribution < -0.4 is 0 Å². The number of carbonyl (C=O) groups is 2. The fourth-order valence-corrected chi connectivity index (χ4v) is 7.52. The Balaban J connectivity index is 4.55. The second-order valence-electron chi connectivity index (χ2n) is 16.7. The van der Waals surface area contributed by atoms with E-state index in [-0.39, 0.29) is 18.9 Å². The summed E-state index contributed by atoms with van der Waals surface area (Å²) in [6.07, 6.45) is 38.9. The molecule has 0 aliphatic heterocycles. The fourth-order valence-electron chi connectivity index (χ4n) is 6.36. The topological polar surface area (TPSA) is 216 Å². The first-order valence-electron chi connectivity index (χ1n) is 23.8. The van der Waals surface area contributed by atoms with Crippen molar-refractivity contribution in [3.05, 3.63) is 48.6 Å². The number of esters is 2. The van der Waals surface area contributed by atoms with Crippen molar-refractivity contribution >= 4 is 27.6 Å². The Labute approximate surface area is 380 Å². The third-order valence-electron chi connectivity index (χ3n) is 9.94. The van der Waals surface area contributed by atoms with Crippen LogP contribution in [-0.2, 0) is 41.8 Å². The van der Waals surface area contributed by atoms with Gasteiger partial charge in [0.05, 0.1) is 25.9 Å². The lowest BCUT2D eigenvalue weighted by Crippen LogP contribution is -2.29. The SMILES string of the molecule is CCCC(O)C/C=C\C/C=C\C/C=C\C/C=C\CCCC(=O)O[C@H](COC(=O)CCCCCCCCCCCCCCCCCC(C)C)COP(=O)(O)OC[C@@H](O)COP(=O)(O)O. The second-order valence-corrected chi connectivity index (χ2v) is 19.4. The number of aliphatic hydroxyl groups excluding tert-OH is 2. The van der Waals surface area contributed by atoms with Gasteiger partial charge in [0.25, 0.3) is 0 Å². The predicted octanol–water partition coefficient (Wildman–Crippen LogP) is 11.4. The van der Waals surface area contributed by atoms with Crippen molar-refractivity contribution in [2.24, 2.45) is 5.92 Å². The van der Waals surface area contributed by atoms with Crippen LogP contribution >= 0.6 is 15.6 Å². The Hall–Kier alpha value is -1.96. The number of hydrogen-bond acceptors (Lipinski definition) is 11. The third-order valence-corrected chi connectivity index (χ3v) is 11.4. The van der Waals surface area contributed by atoms with Crippen LogP contribution in [0.25, 0.3) is 0 Å². The van der Waals surface area contributed by atoms with Crippen LogP contribution in [-0.4, -0.2) is 81.6 Å². The van der Waals surface area contributed by atoms with E-state index in [9.17, 15) is 33.8 Å². The molecule has 14 nitrogen and oxygen atoms in total. The third kappa shape index (κ3) is 46.4. The van der Waals surface area contributed by atoms with Crippen molar-refractivity contribution in [3.63, 3.8) is 0 Å². The smallest absolute Gasteiger partial charge is 0.462 e. The molecule has 0 rings (SSSR count). The van der Waals surface area contributed by atoms with Crippen LogP contribution in [0.1, 0.15) is 188 Å². The monoisotopic (exact) mass is 937 g/mol. The molecule has 0 spiro atoms. The average molecular weight is 937 g/mol. The summed E-state index contributed by atoms with van der Waals surface area (Å²) >= 11 is 0. The molecule has 0 fully saturated rings. The van der Waals surface area contributed by atoms with Gasteiger partial charge in [-0.2, -0.15) is 0 Å². The zero-order valence-corrected chi connectivity index (χ0v) is 40.7. The molecular weight excluding hydrogens is 850 g/mol. The lowest BCUT2D eigenvalue weighted by molar-refractivity contribution is -0.161. The van der Waals surface area contributed by atoms with Crippen LogP contribution in [0.15, 0.2) is 48.6 Å². The molecule has 0 aliphatic rings. The minimum atomic E-state index is -4.88. The number of ether oxygens (including phenoxy) is 2. The zero-order chi connectivity index (χ0) is 46.9. The van der Waals surface area contributed by atoms with Gasteiger partial charge >= 0.3 is 27.6 Å². The standard InChI is InChI=1S/C47H86O14P2/c1-4-33-43(48)35-30-26-22-18-14-10-8-12-16-20-24-28-32-37-47(51)61-45(41-60-63(55,56)59-39-44(49)38-58-62(52,53)54)40-57-46(50)36-31-27-23-19-15-11-7-5-6-9-13-17-21-25-29-34-42(2)3/h8,12,14,18,20,24,26,30,42-45,48-49H,4-7,9-11,13,15-17,19,21-23,25,27-29,31-41H2,1-3H3,(H,55,56)(H2,52,53,54)/b12-8-,18-14-,24-20-,30-26-/t43?,44-,45+/m0/s1. The van der Waals surface area contributed by atoms with Gasteiger partial charge in [0.1, 0.15) is 12.7 Å². The molecular formula is C47H86O14P2. The van der Waals surface area contributed by atoms with Gasteiger partial charge in [-0.3, -0.25) is 23.2 Å².